The van der Waals surface area contributed by atoms with Crippen LogP contribution in [0.2, 0.25) is 5.02 Å². The molecule has 1 N–H and O–H groups in total. The van der Waals surface area contributed by atoms with Crippen molar-refractivity contribution in [2.75, 3.05) is 13.2 Å². The molecule has 0 radical (unpaired) electrons. The summed E-state index contributed by atoms with van der Waals surface area (Å²) in [6.07, 6.45) is 5.03. The topological polar surface area (TPSA) is 51.2 Å². The summed E-state index contributed by atoms with van der Waals surface area (Å²) in [4.78, 5) is 15.7. The normalized spacial score (nSPS) is 23.6. The van der Waals surface area contributed by atoms with Crippen molar-refractivity contribution in [2.45, 2.75) is 25.4 Å². The molecule has 1 atom stereocenters. The number of nitrogens with one attached hydrogen (secondary N) is 1. The maximum Gasteiger partial charge on any atom is 0.253 e. The van der Waals surface area contributed by atoms with Crippen LogP contribution in [0.3, 0.4) is 0 Å². The van der Waals surface area contributed by atoms with Crippen LogP contribution < -0.4 is 5.32 Å². The molecule has 2 rings (SSSR count). The van der Waals surface area contributed by atoms with Crippen molar-refractivity contribution in [2.24, 2.45) is 0 Å². The maximum atomic E-state index is 11.9. The van der Waals surface area contributed by atoms with Crippen LogP contribution in [0.5, 0.6) is 0 Å². The smallest absolute Gasteiger partial charge is 0.253 e. The molecule has 5 heteroatoms. The van der Waals surface area contributed by atoms with Gasteiger partial charge in [0.2, 0.25) is 0 Å². The lowest BCUT2D eigenvalue weighted by Gasteiger charge is -2.23. The van der Waals surface area contributed by atoms with Gasteiger partial charge in [0, 0.05) is 25.5 Å². The Hall–Kier alpha value is -1.13. The molecule has 1 aliphatic heterocycles. The Morgan fingerprint density at radius 2 is 2.53 bits per heavy atom. The van der Waals surface area contributed by atoms with Gasteiger partial charge in [-0.1, -0.05) is 11.6 Å². The van der Waals surface area contributed by atoms with E-state index < -0.39 is 0 Å². The highest BCUT2D eigenvalue weighted by molar-refractivity contribution is 6.33. The number of aromatic nitrogens is 1. The number of halogens is 1. The fourth-order valence-corrected chi connectivity index (χ4v) is 2.10. The van der Waals surface area contributed by atoms with E-state index in [9.17, 15) is 4.79 Å². The molecule has 0 bridgehead atoms. The molecule has 2 heterocycles. The average molecular weight is 255 g/mol. The number of hydrogen-bond donors (Lipinski definition) is 1. The summed E-state index contributed by atoms with van der Waals surface area (Å²) in [6.45, 7) is 3.28. The number of pyridine rings is 1. The van der Waals surface area contributed by atoms with E-state index in [1.54, 1.807) is 12.3 Å². The monoisotopic (exact) mass is 254 g/mol. The quantitative estimate of drug-likeness (QED) is 0.898. The van der Waals surface area contributed by atoms with Crippen LogP contribution in [0, 0.1) is 0 Å². The second-order valence-corrected chi connectivity index (χ2v) is 4.85. The van der Waals surface area contributed by atoms with Crippen LogP contribution in [0.15, 0.2) is 18.5 Å². The Kier molecular flexibility index (Phi) is 3.64. The van der Waals surface area contributed by atoms with Gasteiger partial charge in [0.05, 0.1) is 16.2 Å². The van der Waals surface area contributed by atoms with Crippen molar-refractivity contribution in [3.05, 3.63) is 29.0 Å². The van der Waals surface area contributed by atoms with Crippen LogP contribution in [-0.2, 0) is 4.74 Å². The summed E-state index contributed by atoms with van der Waals surface area (Å²) in [7, 11) is 0. The zero-order chi connectivity index (χ0) is 12.3. The van der Waals surface area contributed by atoms with E-state index in [1.165, 1.54) is 6.20 Å². The Bertz CT molecular complexity index is 417. The fourth-order valence-electron chi connectivity index (χ4n) is 1.90. The third kappa shape index (κ3) is 2.96. The standard InChI is InChI=1S/C12H15ClN2O2/c1-12(4-2-6-17-12)8-15-11(16)9-3-5-14-7-10(9)13/h3,5,7H,2,4,6,8H2,1H3,(H,15,16). The zero-order valence-electron chi connectivity index (χ0n) is 9.70. The highest BCUT2D eigenvalue weighted by Gasteiger charge is 2.30. The number of ether oxygens (including phenoxy) is 1. The van der Waals surface area contributed by atoms with Gasteiger partial charge in [0.1, 0.15) is 0 Å². The molecule has 0 saturated carbocycles. The highest BCUT2D eigenvalue weighted by atomic mass is 35.5. The van der Waals surface area contributed by atoms with Crippen LogP contribution in [-0.4, -0.2) is 29.6 Å². The third-order valence-corrected chi connectivity index (χ3v) is 3.24. The molecule has 1 amide bonds. The van der Waals surface area contributed by atoms with E-state index in [-0.39, 0.29) is 11.5 Å². The summed E-state index contributed by atoms with van der Waals surface area (Å²) >= 11 is 5.89. The first-order valence-electron chi connectivity index (χ1n) is 5.62. The van der Waals surface area contributed by atoms with E-state index in [0.717, 1.165) is 19.4 Å². The molecule has 1 unspecified atom stereocenters. The first-order valence-corrected chi connectivity index (χ1v) is 6.00. The zero-order valence-corrected chi connectivity index (χ0v) is 10.5. The van der Waals surface area contributed by atoms with Crippen molar-refractivity contribution in [1.82, 2.24) is 10.3 Å². The van der Waals surface area contributed by atoms with Crippen LogP contribution in [0.25, 0.3) is 0 Å². The van der Waals surface area contributed by atoms with Gasteiger partial charge in [-0.2, -0.15) is 0 Å². The Morgan fingerprint density at radius 3 is 3.18 bits per heavy atom. The third-order valence-electron chi connectivity index (χ3n) is 2.94. The Morgan fingerprint density at radius 1 is 1.71 bits per heavy atom. The summed E-state index contributed by atoms with van der Waals surface area (Å²) in [6, 6.07) is 1.61. The lowest BCUT2D eigenvalue weighted by atomic mass is 10.0. The van der Waals surface area contributed by atoms with Crippen LogP contribution in [0.4, 0.5) is 0 Å². The maximum absolute atomic E-state index is 11.9. The van der Waals surface area contributed by atoms with Gasteiger partial charge in [-0.05, 0) is 25.8 Å². The molecule has 0 aliphatic carbocycles. The average Bonchev–Trinajstić information content (AvgIpc) is 2.74. The summed E-state index contributed by atoms with van der Waals surface area (Å²) in [5, 5.41) is 3.21. The molecule has 1 fully saturated rings. The lowest BCUT2D eigenvalue weighted by molar-refractivity contribution is 0.0206. The van der Waals surface area contributed by atoms with E-state index >= 15 is 0 Å². The van der Waals surface area contributed by atoms with E-state index in [2.05, 4.69) is 10.3 Å². The number of rotatable bonds is 3. The number of carbonyl (C=O) groups is 1. The predicted molar refractivity (Wildman–Crippen MR) is 65.2 cm³/mol. The van der Waals surface area contributed by atoms with Gasteiger partial charge in [0.25, 0.3) is 5.91 Å². The minimum Gasteiger partial charge on any atom is -0.373 e. The Labute approximate surface area is 105 Å². The van der Waals surface area contributed by atoms with E-state index in [1.807, 2.05) is 6.92 Å². The number of carbonyl (C=O) groups excluding carboxylic acids is 1. The Balaban J connectivity index is 1.96. The molecule has 1 aliphatic rings. The summed E-state index contributed by atoms with van der Waals surface area (Å²) in [5.74, 6) is -0.186. The number of amides is 1. The lowest BCUT2D eigenvalue weighted by Crippen LogP contribution is -2.40. The largest absolute Gasteiger partial charge is 0.373 e. The van der Waals surface area contributed by atoms with Gasteiger partial charge < -0.3 is 10.1 Å². The molecule has 0 aromatic carbocycles. The minimum atomic E-state index is -0.241. The molecule has 0 spiro atoms. The summed E-state index contributed by atoms with van der Waals surface area (Å²) in [5.41, 5.74) is 0.207. The van der Waals surface area contributed by atoms with Crippen molar-refractivity contribution >= 4 is 17.5 Å². The number of hydrogen-bond acceptors (Lipinski definition) is 3. The minimum absolute atomic E-state index is 0.186. The molecule has 4 nitrogen and oxygen atoms in total. The molecular formula is C12H15ClN2O2. The second kappa shape index (κ2) is 5.02. The first-order chi connectivity index (χ1) is 8.11. The highest BCUT2D eigenvalue weighted by Crippen LogP contribution is 2.24. The van der Waals surface area contributed by atoms with Gasteiger partial charge in [-0.15, -0.1) is 0 Å². The van der Waals surface area contributed by atoms with Crippen molar-refractivity contribution in [3.63, 3.8) is 0 Å². The molecule has 1 aromatic heterocycles. The van der Waals surface area contributed by atoms with Crippen LogP contribution >= 0.6 is 11.6 Å². The van der Waals surface area contributed by atoms with E-state index in [4.69, 9.17) is 16.3 Å². The molecule has 1 aromatic rings. The fraction of sp³-hybridized carbons (Fsp3) is 0.500. The second-order valence-electron chi connectivity index (χ2n) is 4.44. The molecule has 17 heavy (non-hydrogen) atoms. The predicted octanol–water partition coefficient (Wildman–Crippen LogP) is 2.03. The SMILES string of the molecule is CC1(CNC(=O)c2ccncc2Cl)CCCO1. The summed E-state index contributed by atoms with van der Waals surface area (Å²) < 4.78 is 5.60. The van der Waals surface area contributed by atoms with Crippen molar-refractivity contribution < 1.29 is 9.53 Å². The van der Waals surface area contributed by atoms with Crippen molar-refractivity contribution in [3.8, 4) is 0 Å². The molecular weight excluding hydrogens is 240 g/mol. The molecule has 92 valence electrons. The van der Waals surface area contributed by atoms with E-state index in [0.29, 0.717) is 17.1 Å². The van der Waals surface area contributed by atoms with Crippen molar-refractivity contribution in [1.29, 1.82) is 0 Å². The first kappa shape index (κ1) is 12.3. The van der Waals surface area contributed by atoms with Gasteiger partial charge in [-0.3, -0.25) is 9.78 Å². The van der Waals surface area contributed by atoms with Gasteiger partial charge >= 0.3 is 0 Å². The number of nitrogens with zero attached hydrogens (tertiary/aromatic N) is 1. The van der Waals surface area contributed by atoms with Gasteiger partial charge in [-0.25, -0.2) is 0 Å². The van der Waals surface area contributed by atoms with Gasteiger partial charge in [0.15, 0.2) is 0 Å². The van der Waals surface area contributed by atoms with Crippen LogP contribution in [0.1, 0.15) is 30.1 Å². The molecule has 1 saturated heterocycles.